The fraction of sp³-hybridized carbons (Fsp3) is 0.333. The van der Waals surface area contributed by atoms with Gasteiger partial charge in [0.25, 0.3) is 11.5 Å². The van der Waals surface area contributed by atoms with Crippen LogP contribution in [0.25, 0.3) is 10.8 Å². The zero-order chi connectivity index (χ0) is 21.1. The molecule has 0 aliphatic carbocycles. The number of thiazole rings is 1. The minimum absolute atomic E-state index is 0.124. The lowest BCUT2D eigenvalue weighted by Crippen LogP contribution is -2.25. The number of ether oxygens (including phenoxy) is 1. The maximum Gasteiger partial charge on any atom is 0.350 e. The summed E-state index contributed by atoms with van der Waals surface area (Å²) < 4.78 is 6.58. The minimum Gasteiger partial charge on any atom is -0.462 e. The van der Waals surface area contributed by atoms with Crippen LogP contribution in [0.15, 0.2) is 35.3 Å². The normalized spacial score (nSPS) is 11.1. The Bertz CT molecular complexity index is 1130. The number of amides is 1. The van der Waals surface area contributed by atoms with Gasteiger partial charge in [0.15, 0.2) is 5.13 Å². The summed E-state index contributed by atoms with van der Waals surface area (Å²) in [5, 5.41) is 4.13. The van der Waals surface area contributed by atoms with Crippen molar-refractivity contribution in [1.29, 1.82) is 0 Å². The van der Waals surface area contributed by atoms with E-state index in [1.165, 1.54) is 0 Å². The number of aromatic nitrogens is 2. The van der Waals surface area contributed by atoms with Crippen molar-refractivity contribution < 1.29 is 14.3 Å². The Balaban J connectivity index is 1.99. The highest BCUT2D eigenvalue weighted by Crippen LogP contribution is 2.25. The van der Waals surface area contributed by atoms with Gasteiger partial charge in [0.05, 0.1) is 17.9 Å². The van der Waals surface area contributed by atoms with Gasteiger partial charge in [-0.1, -0.05) is 43.4 Å². The third kappa shape index (κ3) is 4.37. The van der Waals surface area contributed by atoms with Crippen molar-refractivity contribution in [2.24, 2.45) is 5.92 Å². The number of hydrogen-bond donors (Lipinski definition) is 1. The maximum atomic E-state index is 13.0. The summed E-state index contributed by atoms with van der Waals surface area (Å²) in [7, 11) is 0. The second-order valence-electron chi connectivity index (χ2n) is 7.05. The topological polar surface area (TPSA) is 90.3 Å². The first-order chi connectivity index (χ1) is 13.8. The van der Waals surface area contributed by atoms with Crippen LogP contribution in [0.4, 0.5) is 5.13 Å². The standard InChI is InChI=1S/C21H23N3O4S/c1-5-28-20(27)17-13(4)22-21(29-17)23-18(25)16-11-24(10-12(2)3)19(26)15-9-7-6-8-14(15)16/h6-9,11-12H,5,10H2,1-4H3,(H,22,23,25). The molecule has 1 N–H and O–H groups in total. The number of benzene rings is 1. The molecule has 1 amide bonds. The predicted octanol–water partition coefficient (Wildman–Crippen LogP) is 3.85. The summed E-state index contributed by atoms with van der Waals surface area (Å²) in [6.07, 6.45) is 1.59. The van der Waals surface area contributed by atoms with Crippen LogP contribution in [-0.2, 0) is 11.3 Å². The molecule has 0 bridgehead atoms. The Kier molecular flexibility index (Phi) is 6.12. The number of fused-ring (bicyclic) bond motifs is 1. The molecule has 0 atom stereocenters. The first-order valence-corrected chi connectivity index (χ1v) is 10.2. The summed E-state index contributed by atoms with van der Waals surface area (Å²) in [6, 6.07) is 7.04. The first-order valence-electron chi connectivity index (χ1n) is 9.39. The van der Waals surface area contributed by atoms with Crippen LogP contribution in [0.2, 0.25) is 0 Å². The smallest absolute Gasteiger partial charge is 0.350 e. The van der Waals surface area contributed by atoms with Crippen molar-refractivity contribution in [3.05, 3.63) is 57.0 Å². The summed E-state index contributed by atoms with van der Waals surface area (Å²) in [5.74, 6) is -0.597. The van der Waals surface area contributed by atoms with E-state index in [2.05, 4.69) is 10.3 Å². The molecule has 2 aromatic heterocycles. The van der Waals surface area contributed by atoms with Crippen molar-refractivity contribution >= 4 is 39.1 Å². The Morgan fingerprint density at radius 1 is 1.24 bits per heavy atom. The number of nitrogens with zero attached hydrogens (tertiary/aromatic N) is 2. The van der Waals surface area contributed by atoms with Gasteiger partial charge in [0, 0.05) is 23.5 Å². The van der Waals surface area contributed by atoms with Gasteiger partial charge in [-0.15, -0.1) is 0 Å². The van der Waals surface area contributed by atoms with Crippen molar-refractivity contribution in [1.82, 2.24) is 9.55 Å². The van der Waals surface area contributed by atoms with E-state index in [-0.39, 0.29) is 24.0 Å². The molecule has 7 nitrogen and oxygen atoms in total. The highest BCUT2D eigenvalue weighted by atomic mass is 32.1. The Morgan fingerprint density at radius 2 is 1.93 bits per heavy atom. The van der Waals surface area contributed by atoms with Gasteiger partial charge in [-0.25, -0.2) is 9.78 Å². The van der Waals surface area contributed by atoms with Gasteiger partial charge >= 0.3 is 5.97 Å². The number of pyridine rings is 1. The molecule has 2 heterocycles. The van der Waals surface area contributed by atoms with E-state index >= 15 is 0 Å². The number of anilines is 1. The Hall–Kier alpha value is -3.00. The summed E-state index contributed by atoms with van der Waals surface area (Å²) in [6.45, 7) is 8.21. The van der Waals surface area contributed by atoms with E-state index in [9.17, 15) is 14.4 Å². The van der Waals surface area contributed by atoms with Crippen LogP contribution in [0.5, 0.6) is 0 Å². The van der Waals surface area contributed by atoms with E-state index in [0.29, 0.717) is 38.6 Å². The average molecular weight is 413 g/mol. The third-order valence-corrected chi connectivity index (χ3v) is 5.33. The summed E-state index contributed by atoms with van der Waals surface area (Å²) in [4.78, 5) is 42.4. The summed E-state index contributed by atoms with van der Waals surface area (Å²) >= 11 is 1.07. The number of hydrogen-bond acceptors (Lipinski definition) is 6. The SMILES string of the molecule is CCOC(=O)c1sc(NC(=O)c2cn(CC(C)C)c(=O)c3ccccc23)nc1C. The quantitative estimate of drug-likeness (QED) is 0.620. The van der Waals surface area contributed by atoms with Gasteiger partial charge in [-0.2, -0.15) is 0 Å². The van der Waals surface area contributed by atoms with E-state index < -0.39 is 5.97 Å². The monoisotopic (exact) mass is 413 g/mol. The molecule has 3 aromatic rings. The van der Waals surface area contributed by atoms with Gasteiger partial charge in [0.2, 0.25) is 0 Å². The molecule has 0 saturated carbocycles. The molecule has 0 radical (unpaired) electrons. The van der Waals surface area contributed by atoms with Gasteiger partial charge < -0.3 is 9.30 Å². The summed E-state index contributed by atoms with van der Waals surface area (Å²) in [5.41, 5.74) is 0.755. The molecule has 8 heteroatoms. The third-order valence-electron chi connectivity index (χ3n) is 4.28. The zero-order valence-electron chi connectivity index (χ0n) is 16.8. The predicted molar refractivity (Wildman–Crippen MR) is 114 cm³/mol. The van der Waals surface area contributed by atoms with Gasteiger partial charge in [-0.05, 0) is 25.8 Å². The lowest BCUT2D eigenvalue weighted by molar-refractivity contribution is 0.0531. The molecular weight excluding hydrogens is 390 g/mol. The lowest BCUT2D eigenvalue weighted by atomic mass is 10.1. The van der Waals surface area contributed by atoms with Crippen molar-refractivity contribution in [2.75, 3.05) is 11.9 Å². The van der Waals surface area contributed by atoms with Crippen LogP contribution in [0, 0.1) is 12.8 Å². The zero-order valence-corrected chi connectivity index (χ0v) is 17.6. The molecular formula is C21H23N3O4S. The number of rotatable bonds is 6. The van der Waals surface area contributed by atoms with E-state index in [4.69, 9.17) is 4.74 Å². The fourth-order valence-corrected chi connectivity index (χ4v) is 3.91. The molecule has 29 heavy (non-hydrogen) atoms. The number of esters is 1. The second-order valence-corrected chi connectivity index (χ2v) is 8.05. The van der Waals surface area contributed by atoms with Gasteiger partial charge in [0.1, 0.15) is 4.88 Å². The van der Waals surface area contributed by atoms with Crippen molar-refractivity contribution in [3.8, 4) is 0 Å². The molecule has 1 aromatic carbocycles. The van der Waals surface area contributed by atoms with Gasteiger partial charge in [-0.3, -0.25) is 14.9 Å². The fourth-order valence-electron chi connectivity index (χ4n) is 3.05. The van der Waals surface area contributed by atoms with Crippen LogP contribution in [0.1, 0.15) is 46.5 Å². The maximum absolute atomic E-state index is 13.0. The molecule has 0 aliphatic rings. The second kappa shape index (κ2) is 8.57. The van der Waals surface area contributed by atoms with Crippen LogP contribution < -0.4 is 10.9 Å². The van der Waals surface area contributed by atoms with Crippen LogP contribution >= 0.6 is 11.3 Å². The number of aryl methyl sites for hydroxylation is 1. The highest BCUT2D eigenvalue weighted by Gasteiger charge is 2.20. The number of carbonyl (C=O) groups excluding carboxylic acids is 2. The largest absolute Gasteiger partial charge is 0.462 e. The molecule has 0 unspecified atom stereocenters. The Labute approximate surface area is 172 Å². The molecule has 0 saturated heterocycles. The highest BCUT2D eigenvalue weighted by molar-refractivity contribution is 7.17. The average Bonchev–Trinajstić information content (AvgIpc) is 3.04. The Morgan fingerprint density at radius 3 is 2.59 bits per heavy atom. The molecule has 0 spiro atoms. The molecule has 152 valence electrons. The van der Waals surface area contributed by atoms with E-state index in [0.717, 1.165) is 11.3 Å². The molecule has 3 rings (SSSR count). The van der Waals surface area contributed by atoms with Crippen LogP contribution in [0.3, 0.4) is 0 Å². The molecule has 0 aliphatic heterocycles. The molecule has 0 fully saturated rings. The lowest BCUT2D eigenvalue weighted by Gasteiger charge is -2.13. The van der Waals surface area contributed by atoms with Crippen molar-refractivity contribution in [3.63, 3.8) is 0 Å². The van der Waals surface area contributed by atoms with Crippen molar-refractivity contribution in [2.45, 2.75) is 34.2 Å². The first kappa shape index (κ1) is 20.7. The van der Waals surface area contributed by atoms with E-state index in [1.807, 2.05) is 13.8 Å². The number of nitrogens with one attached hydrogen (secondary N) is 1. The van der Waals surface area contributed by atoms with E-state index in [1.54, 1.807) is 48.9 Å². The number of carbonyl (C=O) groups is 2. The van der Waals surface area contributed by atoms with Crippen LogP contribution in [-0.4, -0.2) is 28.0 Å². The minimum atomic E-state index is -0.459.